The number of hydrogen-bond donors (Lipinski definition) is 4. The fourth-order valence-electron chi connectivity index (χ4n) is 2.90. The summed E-state index contributed by atoms with van der Waals surface area (Å²) in [7, 11) is 0. The molecule has 0 unspecified atom stereocenters. The maximum atomic E-state index is 12.3. The monoisotopic (exact) mass is 319 g/mol. The average molecular weight is 319 g/mol. The van der Waals surface area contributed by atoms with Crippen LogP contribution >= 0.6 is 0 Å². The summed E-state index contributed by atoms with van der Waals surface area (Å²) in [6.07, 6.45) is -0.534. The minimum absolute atomic E-state index is 0.0265. The topological polar surface area (TPSA) is 131 Å². The molecular weight excluding hydrogens is 302 g/mol. The van der Waals surface area contributed by atoms with Crippen molar-refractivity contribution in [2.75, 3.05) is 12.3 Å². The predicted octanol–water partition coefficient (Wildman–Crippen LogP) is -0.626. The molecule has 2 heterocycles. The number of nitrogens with two attached hydrogens (primary N) is 1. The van der Waals surface area contributed by atoms with Crippen molar-refractivity contribution in [1.29, 1.82) is 0 Å². The normalized spacial score (nSPS) is 27.2. The van der Waals surface area contributed by atoms with Gasteiger partial charge in [0.05, 0.1) is 12.7 Å². The van der Waals surface area contributed by atoms with Gasteiger partial charge >= 0.3 is 5.69 Å². The fourth-order valence-corrected chi connectivity index (χ4v) is 2.90. The molecule has 1 aliphatic heterocycles. The van der Waals surface area contributed by atoms with Gasteiger partial charge in [0.1, 0.15) is 17.7 Å². The van der Waals surface area contributed by atoms with E-state index in [-0.39, 0.29) is 18.0 Å². The van der Waals surface area contributed by atoms with Crippen LogP contribution < -0.4 is 11.4 Å². The van der Waals surface area contributed by atoms with Gasteiger partial charge in [-0.25, -0.2) is 4.79 Å². The Morgan fingerprint density at radius 2 is 2.13 bits per heavy atom. The summed E-state index contributed by atoms with van der Waals surface area (Å²) in [5.41, 5.74) is 3.65. The van der Waals surface area contributed by atoms with Crippen molar-refractivity contribution in [3.63, 3.8) is 0 Å². The molecule has 5 N–H and O–H groups in total. The second-order valence-corrected chi connectivity index (χ2v) is 5.42. The first-order chi connectivity index (χ1) is 11.0. The van der Waals surface area contributed by atoms with Crippen LogP contribution in [-0.4, -0.2) is 43.7 Å². The minimum atomic E-state index is -1.48. The number of aliphatic hydroxyl groups excluding tert-OH is 2. The summed E-state index contributed by atoms with van der Waals surface area (Å²) in [6.45, 7) is -0.423. The van der Waals surface area contributed by atoms with Crippen molar-refractivity contribution in [3.8, 4) is 5.75 Å². The van der Waals surface area contributed by atoms with Crippen LogP contribution in [0.1, 0.15) is 12.0 Å². The van der Waals surface area contributed by atoms with E-state index in [1.165, 1.54) is 18.3 Å². The molecule has 0 saturated carbocycles. The van der Waals surface area contributed by atoms with E-state index in [9.17, 15) is 20.1 Å². The van der Waals surface area contributed by atoms with Crippen LogP contribution in [0.2, 0.25) is 0 Å². The number of phenolic OH excluding ortho intramolecular Hbond substituents is 1. The zero-order chi connectivity index (χ0) is 16.6. The molecular formula is C15H17N3O5. The molecule has 122 valence electrons. The number of hydrogen-bond acceptors (Lipinski definition) is 7. The zero-order valence-electron chi connectivity index (χ0n) is 12.2. The van der Waals surface area contributed by atoms with E-state index >= 15 is 0 Å². The second-order valence-electron chi connectivity index (χ2n) is 5.42. The van der Waals surface area contributed by atoms with E-state index in [1.54, 1.807) is 18.2 Å². The molecule has 1 saturated heterocycles. The van der Waals surface area contributed by atoms with E-state index in [2.05, 4.69) is 4.98 Å². The first kappa shape index (κ1) is 15.5. The summed E-state index contributed by atoms with van der Waals surface area (Å²) in [6, 6.07) is 7.77. The Bertz CT molecular complexity index is 778. The largest absolute Gasteiger partial charge is 0.507 e. The Hall–Kier alpha value is -2.42. The van der Waals surface area contributed by atoms with Crippen molar-refractivity contribution >= 4 is 5.82 Å². The summed E-state index contributed by atoms with van der Waals surface area (Å²) in [5, 5.41) is 29.7. The van der Waals surface area contributed by atoms with Gasteiger partial charge in [-0.2, -0.15) is 4.98 Å². The van der Waals surface area contributed by atoms with Crippen LogP contribution in [0.15, 0.2) is 41.3 Å². The molecule has 8 nitrogen and oxygen atoms in total. The van der Waals surface area contributed by atoms with Gasteiger partial charge in [0.15, 0.2) is 5.72 Å². The van der Waals surface area contributed by atoms with Crippen LogP contribution in [0.3, 0.4) is 0 Å². The number of rotatable bonds is 3. The molecule has 1 aliphatic rings. The summed E-state index contributed by atoms with van der Waals surface area (Å²) < 4.78 is 6.97. The first-order valence-electron chi connectivity index (χ1n) is 7.09. The molecule has 8 heteroatoms. The standard InChI is InChI=1S/C15H17N3O5/c16-13-5-6-18(14(22)17-13)15(7-11(21)12(8-19)23-15)9-3-1-2-4-10(9)20/h1-6,11-12,19-21H,7-8H2,(H2,16,17,22)/t11-,12+,15-/m0/s1. The Kier molecular flexibility index (Phi) is 3.80. The fraction of sp³-hybridized carbons (Fsp3) is 0.333. The molecule has 0 spiro atoms. The molecule has 23 heavy (non-hydrogen) atoms. The third-order valence-electron chi connectivity index (χ3n) is 3.98. The van der Waals surface area contributed by atoms with E-state index in [0.29, 0.717) is 5.56 Å². The number of aromatic hydroxyl groups is 1. The lowest BCUT2D eigenvalue weighted by Gasteiger charge is -2.31. The van der Waals surface area contributed by atoms with E-state index < -0.39 is 30.2 Å². The van der Waals surface area contributed by atoms with Gasteiger partial charge in [0.25, 0.3) is 0 Å². The molecule has 3 rings (SSSR count). The number of nitrogens with zero attached hydrogens (tertiary/aromatic N) is 2. The highest BCUT2D eigenvalue weighted by Gasteiger charge is 2.50. The number of ether oxygens (including phenoxy) is 1. The molecule has 1 fully saturated rings. The number of nitrogen functional groups attached to an aromatic ring is 1. The van der Waals surface area contributed by atoms with Gasteiger partial charge in [0, 0.05) is 18.2 Å². The van der Waals surface area contributed by atoms with Gasteiger partial charge in [-0.1, -0.05) is 18.2 Å². The molecule has 2 aromatic rings. The van der Waals surface area contributed by atoms with Crippen LogP contribution in [0, 0.1) is 0 Å². The van der Waals surface area contributed by atoms with Crippen LogP contribution in [0.4, 0.5) is 5.82 Å². The molecule has 1 aromatic heterocycles. The number of benzene rings is 1. The van der Waals surface area contributed by atoms with Crippen LogP contribution in [0.25, 0.3) is 0 Å². The number of aliphatic hydroxyl groups is 2. The number of para-hydroxylation sites is 1. The quantitative estimate of drug-likeness (QED) is 0.592. The van der Waals surface area contributed by atoms with Gasteiger partial charge < -0.3 is 25.8 Å². The minimum Gasteiger partial charge on any atom is -0.507 e. The Balaban J connectivity index is 2.24. The molecule has 0 aliphatic carbocycles. The number of anilines is 1. The maximum absolute atomic E-state index is 12.3. The van der Waals surface area contributed by atoms with Crippen molar-refractivity contribution in [2.24, 2.45) is 0 Å². The van der Waals surface area contributed by atoms with Gasteiger partial charge in [-0.3, -0.25) is 4.57 Å². The van der Waals surface area contributed by atoms with Gasteiger partial charge in [-0.15, -0.1) is 0 Å². The van der Waals surface area contributed by atoms with Gasteiger partial charge in [-0.05, 0) is 12.1 Å². The third kappa shape index (κ3) is 2.46. The predicted molar refractivity (Wildman–Crippen MR) is 80.7 cm³/mol. The van der Waals surface area contributed by atoms with E-state index in [1.807, 2.05) is 0 Å². The lowest BCUT2D eigenvalue weighted by Crippen LogP contribution is -2.43. The summed E-state index contributed by atoms with van der Waals surface area (Å²) in [5.74, 6) is -0.0436. The molecule has 1 aromatic carbocycles. The molecule has 3 atom stereocenters. The van der Waals surface area contributed by atoms with E-state index in [4.69, 9.17) is 10.5 Å². The summed E-state index contributed by atoms with van der Waals surface area (Å²) in [4.78, 5) is 16.0. The van der Waals surface area contributed by atoms with Crippen LogP contribution in [0.5, 0.6) is 5.75 Å². The second kappa shape index (κ2) is 5.65. The molecule has 0 amide bonds. The van der Waals surface area contributed by atoms with E-state index in [0.717, 1.165) is 4.57 Å². The van der Waals surface area contributed by atoms with Crippen molar-refractivity contribution in [2.45, 2.75) is 24.4 Å². The zero-order valence-corrected chi connectivity index (χ0v) is 12.2. The first-order valence-corrected chi connectivity index (χ1v) is 7.09. The third-order valence-corrected chi connectivity index (χ3v) is 3.98. The highest BCUT2D eigenvalue weighted by Crippen LogP contribution is 2.43. The molecule has 0 radical (unpaired) electrons. The Labute approximate surface area is 131 Å². The maximum Gasteiger partial charge on any atom is 0.352 e. The van der Waals surface area contributed by atoms with Crippen molar-refractivity contribution in [3.05, 3.63) is 52.6 Å². The van der Waals surface area contributed by atoms with Crippen molar-refractivity contribution in [1.82, 2.24) is 9.55 Å². The number of aromatic nitrogens is 2. The SMILES string of the molecule is Nc1ccn([C@@]2(c3ccccc3O)C[C@H](O)[C@@H](CO)O2)c(=O)n1. The highest BCUT2D eigenvalue weighted by molar-refractivity contribution is 5.38. The highest BCUT2D eigenvalue weighted by atomic mass is 16.6. The molecule has 0 bridgehead atoms. The van der Waals surface area contributed by atoms with Crippen molar-refractivity contribution < 1.29 is 20.1 Å². The lowest BCUT2D eigenvalue weighted by molar-refractivity contribution is -0.0945. The Morgan fingerprint density at radius 1 is 1.39 bits per heavy atom. The van der Waals surface area contributed by atoms with Crippen LogP contribution in [-0.2, 0) is 10.5 Å². The van der Waals surface area contributed by atoms with Gasteiger partial charge in [0.2, 0.25) is 0 Å². The Morgan fingerprint density at radius 3 is 2.74 bits per heavy atom. The number of phenols is 1. The lowest BCUT2D eigenvalue weighted by atomic mass is 9.96. The smallest absolute Gasteiger partial charge is 0.352 e. The average Bonchev–Trinajstić information content (AvgIpc) is 2.85. The summed E-state index contributed by atoms with van der Waals surface area (Å²) >= 11 is 0.